The number of nitrogens with zero attached hydrogens (tertiary/aromatic N) is 2. The Hall–Kier alpha value is -1.86. The molecule has 21 heavy (non-hydrogen) atoms. The van der Waals surface area contributed by atoms with Crippen molar-refractivity contribution in [3.05, 3.63) is 41.3 Å². The van der Waals surface area contributed by atoms with Gasteiger partial charge in [-0.2, -0.15) is 4.31 Å². The van der Waals surface area contributed by atoms with Crippen LogP contribution in [0, 0.1) is 13.8 Å². The minimum absolute atomic E-state index is 0.107. The molecule has 2 aromatic rings. The molecule has 0 amide bonds. The maximum atomic E-state index is 12.7. The average Bonchev–Trinajstić information content (AvgIpc) is 2.78. The van der Waals surface area contributed by atoms with Gasteiger partial charge >= 0.3 is 0 Å². The molecule has 1 unspecified atom stereocenters. The highest BCUT2D eigenvalue weighted by atomic mass is 32.2. The van der Waals surface area contributed by atoms with Gasteiger partial charge in [0, 0.05) is 13.1 Å². The number of benzene rings is 1. The molecule has 1 aromatic carbocycles. The Morgan fingerprint density at radius 2 is 1.81 bits per heavy atom. The van der Waals surface area contributed by atoms with Crippen LogP contribution in [0.5, 0.6) is 5.75 Å². The first kappa shape index (κ1) is 15.5. The zero-order valence-electron chi connectivity index (χ0n) is 12.4. The van der Waals surface area contributed by atoms with Crippen LogP contribution >= 0.6 is 0 Å². The normalized spacial score (nSPS) is 13.6. The summed E-state index contributed by atoms with van der Waals surface area (Å²) in [6, 6.07) is 6.06. The number of hydrogen-bond acceptors (Lipinski definition) is 5. The van der Waals surface area contributed by atoms with Gasteiger partial charge in [0.05, 0.1) is 0 Å². The predicted octanol–water partition coefficient (Wildman–Crippen LogP) is 2.38. The summed E-state index contributed by atoms with van der Waals surface area (Å²) in [5.74, 6) is 0.416. The fourth-order valence-electron chi connectivity index (χ4n) is 2.16. The topological polar surface area (TPSA) is 83.6 Å². The average molecular weight is 310 g/mol. The van der Waals surface area contributed by atoms with Gasteiger partial charge in [-0.15, -0.1) is 0 Å². The molecule has 2 rings (SSSR count). The Bertz CT molecular complexity index is 715. The molecule has 0 saturated heterocycles. The van der Waals surface area contributed by atoms with Crippen molar-refractivity contribution in [2.24, 2.45) is 0 Å². The van der Waals surface area contributed by atoms with E-state index in [0.717, 1.165) is 5.56 Å². The van der Waals surface area contributed by atoms with Gasteiger partial charge in [-0.3, -0.25) is 0 Å². The van der Waals surface area contributed by atoms with Crippen molar-refractivity contribution in [2.45, 2.75) is 31.7 Å². The lowest BCUT2D eigenvalue weighted by Gasteiger charge is -2.24. The minimum atomic E-state index is -3.70. The molecule has 0 fully saturated rings. The summed E-state index contributed by atoms with van der Waals surface area (Å²) in [5.41, 5.74) is 1.13. The van der Waals surface area contributed by atoms with Crippen LogP contribution in [0.4, 0.5) is 0 Å². The Kier molecular flexibility index (Phi) is 4.06. The molecule has 1 aromatic heterocycles. The van der Waals surface area contributed by atoms with Crippen LogP contribution in [-0.4, -0.2) is 30.0 Å². The van der Waals surface area contributed by atoms with Crippen molar-refractivity contribution in [1.82, 2.24) is 9.46 Å². The first-order chi connectivity index (χ1) is 9.75. The van der Waals surface area contributed by atoms with Crippen molar-refractivity contribution in [1.29, 1.82) is 0 Å². The van der Waals surface area contributed by atoms with Gasteiger partial charge < -0.3 is 9.63 Å². The molecule has 7 heteroatoms. The molecular weight excluding hydrogens is 292 g/mol. The van der Waals surface area contributed by atoms with Crippen LogP contribution in [0.25, 0.3) is 0 Å². The molecule has 6 nitrogen and oxygen atoms in total. The number of aromatic hydroxyl groups is 1. The molecule has 0 saturated carbocycles. The van der Waals surface area contributed by atoms with Gasteiger partial charge in [-0.25, -0.2) is 8.42 Å². The van der Waals surface area contributed by atoms with E-state index < -0.39 is 10.0 Å². The van der Waals surface area contributed by atoms with E-state index in [1.165, 1.54) is 23.5 Å². The SMILES string of the molecule is Cc1noc(C)c1S(=O)(=O)N(C)C(C)c1ccc(O)cc1. The van der Waals surface area contributed by atoms with Crippen LogP contribution in [0.1, 0.15) is 30.0 Å². The van der Waals surface area contributed by atoms with E-state index in [1.807, 2.05) is 0 Å². The van der Waals surface area contributed by atoms with Gasteiger partial charge in [0.15, 0.2) is 5.76 Å². The maximum Gasteiger partial charge on any atom is 0.248 e. The second-order valence-electron chi connectivity index (χ2n) is 4.94. The van der Waals surface area contributed by atoms with Gasteiger partial charge in [0.1, 0.15) is 16.3 Å². The highest BCUT2D eigenvalue weighted by Crippen LogP contribution is 2.29. The second-order valence-corrected chi connectivity index (χ2v) is 6.88. The van der Waals surface area contributed by atoms with Crippen LogP contribution < -0.4 is 0 Å². The summed E-state index contributed by atoms with van der Waals surface area (Å²) < 4.78 is 31.6. The Labute approximate surface area is 124 Å². The van der Waals surface area contributed by atoms with Crippen molar-refractivity contribution in [2.75, 3.05) is 7.05 Å². The van der Waals surface area contributed by atoms with Crippen molar-refractivity contribution < 1.29 is 18.0 Å². The molecule has 1 atom stereocenters. The van der Waals surface area contributed by atoms with Crippen molar-refractivity contribution >= 4 is 10.0 Å². The lowest BCUT2D eigenvalue weighted by molar-refractivity contribution is 0.384. The number of hydrogen-bond donors (Lipinski definition) is 1. The lowest BCUT2D eigenvalue weighted by Crippen LogP contribution is -2.30. The third-order valence-corrected chi connectivity index (χ3v) is 5.70. The van der Waals surface area contributed by atoms with E-state index in [4.69, 9.17) is 4.52 Å². The highest BCUT2D eigenvalue weighted by Gasteiger charge is 2.31. The number of rotatable bonds is 4. The monoisotopic (exact) mass is 310 g/mol. The first-order valence-electron chi connectivity index (χ1n) is 6.45. The van der Waals surface area contributed by atoms with E-state index >= 15 is 0 Å². The van der Waals surface area contributed by atoms with Crippen molar-refractivity contribution in [3.63, 3.8) is 0 Å². The fraction of sp³-hybridized carbons (Fsp3) is 0.357. The largest absolute Gasteiger partial charge is 0.508 e. The van der Waals surface area contributed by atoms with Gasteiger partial charge in [-0.05, 0) is 38.5 Å². The molecule has 1 N–H and O–H groups in total. The van der Waals surface area contributed by atoms with Gasteiger partial charge in [0.25, 0.3) is 0 Å². The third kappa shape index (κ3) is 2.79. The molecule has 0 spiro atoms. The number of sulfonamides is 1. The number of phenolic OH excluding ortho intramolecular Hbond substituents is 1. The smallest absolute Gasteiger partial charge is 0.248 e. The fourth-order valence-corrected chi connectivity index (χ4v) is 3.79. The number of aromatic nitrogens is 1. The van der Waals surface area contributed by atoms with Crippen molar-refractivity contribution in [3.8, 4) is 5.75 Å². The van der Waals surface area contributed by atoms with Gasteiger partial charge in [0.2, 0.25) is 10.0 Å². The predicted molar refractivity (Wildman–Crippen MR) is 77.4 cm³/mol. The summed E-state index contributed by atoms with van der Waals surface area (Å²) in [5, 5.41) is 13.0. The third-order valence-electron chi connectivity index (χ3n) is 3.53. The molecule has 0 aliphatic carbocycles. The van der Waals surface area contributed by atoms with Crippen LogP contribution in [-0.2, 0) is 10.0 Å². The zero-order chi connectivity index (χ0) is 15.8. The summed E-state index contributed by atoms with van der Waals surface area (Å²) in [7, 11) is -2.19. The van der Waals surface area contributed by atoms with Crippen LogP contribution in [0.3, 0.4) is 0 Å². The quantitative estimate of drug-likeness (QED) is 0.937. The highest BCUT2D eigenvalue weighted by molar-refractivity contribution is 7.89. The number of phenols is 1. The summed E-state index contributed by atoms with van der Waals surface area (Å²) >= 11 is 0. The molecule has 0 bridgehead atoms. The standard InChI is InChI=1S/C14H18N2O4S/c1-9-14(11(3)20-15-9)21(18,19)16(4)10(2)12-5-7-13(17)8-6-12/h5-8,10,17H,1-4H3. The Morgan fingerprint density at radius 1 is 1.24 bits per heavy atom. The summed E-state index contributed by atoms with van der Waals surface area (Å²) in [6.07, 6.45) is 0. The molecule has 0 aliphatic heterocycles. The molecule has 0 aliphatic rings. The number of aryl methyl sites for hydroxylation is 2. The molecular formula is C14H18N2O4S. The van der Waals surface area contributed by atoms with E-state index in [2.05, 4.69) is 5.16 Å². The van der Waals surface area contributed by atoms with Crippen LogP contribution in [0.15, 0.2) is 33.7 Å². The second kappa shape index (κ2) is 5.50. The van der Waals surface area contributed by atoms with E-state index in [0.29, 0.717) is 5.69 Å². The van der Waals surface area contributed by atoms with E-state index in [1.54, 1.807) is 32.9 Å². The lowest BCUT2D eigenvalue weighted by atomic mass is 10.1. The summed E-state index contributed by atoms with van der Waals surface area (Å²) in [6.45, 7) is 4.95. The van der Waals surface area contributed by atoms with Crippen LogP contribution in [0.2, 0.25) is 0 Å². The van der Waals surface area contributed by atoms with E-state index in [-0.39, 0.29) is 22.4 Å². The zero-order valence-corrected chi connectivity index (χ0v) is 13.2. The molecule has 114 valence electrons. The Balaban J connectivity index is 2.38. The van der Waals surface area contributed by atoms with Gasteiger partial charge in [-0.1, -0.05) is 17.3 Å². The minimum Gasteiger partial charge on any atom is -0.508 e. The maximum absolute atomic E-state index is 12.7. The molecule has 0 radical (unpaired) electrons. The molecule has 1 heterocycles. The summed E-state index contributed by atoms with van der Waals surface area (Å²) in [4.78, 5) is 0.107. The first-order valence-corrected chi connectivity index (χ1v) is 7.89. The Morgan fingerprint density at radius 3 is 2.29 bits per heavy atom. The van der Waals surface area contributed by atoms with E-state index in [9.17, 15) is 13.5 Å².